The summed E-state index contributed by atoms with van der Waals surface area (Å²) < 4.78 is 18.3. The first-order valence-electron chi connectivity index (χ1n) is 7.11. The van der Waals surface area contributed by atoms with Crippen molar-refractivity contribution in [3.05, 3.63) is 58.6 Å². The molecule has 0 atom stereocenters. The molecule has 1 N–H and O–H groups in total. The smallest absolute Gasteiger partial charge is 0.251 e. The molecule has 6 heteroatoms. The summed E-state index contributed by atoms with van der Waals surface area (Å²) in [7, 11) is 0. The van der Waals surface area contributed by atoms with Crippen LogP contribution in [-0.4, -0.2) is 15.3 Å². The minimum absolute atomic E-state index is 0.127. The summed E-state index contributed by atoms with van der Waals surface area (Å²) in [6.45, 7) is 2.30. The van der Waals surface area contributed by atoms with E-state index in [0.717, 1.165) is 22.4 Å². The molecule has 0 unspecified atom stereocenters. The van der Waals surface area contributed by atoms with Gasteiger partial charge in [0.25, 0.3) is 5.91 Å². The zero-order valence-electron chi connectivity index (χ0n) is 12.3. The lowest BCUT2D eigenvalue weighted by atomic mass is 9.93. The van der Waals surface area contributed by atoms with Crippen molar-refractivity contribution < 1.29 is 9.18 Å². The summed E-state index contributed by atoms with van der Waals surface area (Å²) in [6.07, 6.45) is 2.98. The minimum atomic E-state index is -0.400. The van der Waals surface area contributed by atoms with Crippen molar-refractivity contribution in [3.8, 4) is 22.3 Å². The SMILES string of the molecule is Cc1cc(-c2cc3c(c(-c4cnsc4)c2)CNC3=O)c(F)cn1. The Morgan fingerprint density at radius 3 is 2.74 bits per heavy atom. The Bertz CT molecular complexity index is 922. The fourth-order valence-corrected chi connectivity index (χ4v) is 3.38. The number of halogens is 1. The third kappa shape index (κ3) is 2.31. The Kier molecular flexibility index (Phi) is 3.20. The molecule has 3 heterocycles. The average molecular weight is 325 g/mol. The summed E-state index contributed by atoms with van der Waals surface area (Å²) >= 11 is 1.35. The maximum absolute atomic E-state index is 14.2. The number of nitrogens with zero attached hydrogens (tertiary/aromatic N) is 2. The molecular weight excluding hydrogens is 313 g/mol. The van der Waals surface area contributed by atoms with Gasteiger partial charge in [0.15, 0.2) is 0 Å². The Balaban J connectivity index is 1.99. The molecule has 0 bridgehead atoms. The second-order valence-electron chi connectivity index (χ2n) is 5.45. The lowest BCUT2D eigenvalue weighted by Gasteiger charge is -2.11. The number of hydrogen-bond acceptors (Lipinski definition) is 4. The molecular formula is C17H12FN3OS. The highest BCUT2D eigenvalue weighted by molar-refractivity contribution is 7.03. The molecule has 0 saturated carbocycles. The first-order chi connectivity index (χ1) is 11.1. The molecule has 3 aromatic rings. The van der Waals surface area contributed by atoms with E-state index in [4.69, 9.17) is 0 Å². The topological polar surface area (TPSA) is 54.9 Å². The van der Waals surface area contributed by atoms with Crippen LogP contribution >= 0.6 is 11.5 Å². The number of amides is 1. The van der Waals surface area contributed by atoms with E-state index in [-0.39, 0.29) is 5.91 Å². The molecule has 0 aliphatic carbocycles. The van der Waals surface area contributed by atoms with Crippen LogP contribution in [0.4, 0.5) is 4.39 Å². The Hall–Kier alpha value is -2.60. The van der Waals surface area contributed by atoms with E-state index in [2.05, 4.69) is 14.7 Å². The van der Waals surface area contributed by atoms with Gasteiger partial charge in [-0.15, -0.1) is 0 Å². The van der Waals surface area contributed by atoms with E-state index in [9.17, 15) is 9.18 Å². The fourth-order valence-electron chi connectivity index (χ4n) is 2.84. The van der Waals surface area contributed by atoms with Crippen LogP contribution in [-0.2, 0) is 6.54 Å². The number of pyridine rings is 1. The molecule has 23 heavy (non-hydrogen) atoms. The van der Waals surface area contributed by atoms with Gasteiger partial charge < -0.3 is 5.32 Å². The highest BCUT2D eigenvalue weighted by atomic mass is 32.1. The van der Waals surface area contributed by atoms with E-state index in [1.165, 1.54) is 17.7 Å². The molecule has 1 aromatic carbocycles. The summed E-state index contributed by atoms with van der Waals surface area (Å²) in [4.78, 5) is 16.1. The Labute approximate surface area is 136 Å². The van der Waals surface area contributed by atoms with Crippen molar-refractivity contribution in [2.45, 2.75) is 13.5 Å². The number of carbonyl (C=O) groups excluding carboxylic acids is 1. The Morgan fingerprint density at radius 2 is 1.96 bits per heavy atom. The molecule has 0 spiro atoms. The molecule has 0 saturated heterocycles. The normalized spacial score (nSPS) is 13.0. The maximum Gasteiger partial charge on any atom is 0.251 e. The summed E-state index contributed by atoms with van der Waals surface area (Å²) in [5, 5.41) is 4.76. The molecule has 114 valence electrons. The van der Waals surface area contributed by atoms with Crippen molar-refractivity contribution in [1.82, 2.24) is 14.7 Å². The molecule has 4 rings (SSSR count). The molecule has 1 aliphatic heterocycles. The standard InChI is InChI=1S/C17H12FN3OS/c1-9-2-13(16(18)7-19-9)10-3-12(11-5-21-23-8-11)15-6-20-17(22)14(15)4-10/h2-5,7-8H,6H2,1H3,(H,20,22). The van der Waals surface area contributed by atoms with Gasteiger partial charge in [-0.05, 0) is 53.3 Å². The van der Waals surface area contributed by atoms with Crippen LogP contribution in [0.3, 0.4) is 0 Å². The van der Waals surface area contributed by atoms with Crippen molar-refractivity contribution in [2.24, 2.45) is 0 Å². The molecule has 0 radical (unpaired) electrons. The van der Waals surface area contributed by atoms with E-state index >= 15 is 0 Å². The number of aryl methyl sites for hydroxylation is 1. The van der Waals surface area contributed by atoms with Gasteiger partial charge in [-0.1, -0.05) is 0 Å². The summed E-state index contributed by atoms with van der Waals surface area (Å²) in [6, 6.07) is 5.36. The third-order valence-corrected chi connectivity index (χ3v) is 4.55. The van der Waals surface area contributed by atoms with Gasteiger partial charge >= 0.3 is 0 Å². The van der Waals surface area contributed by atoms with Crippen molar-refractivity contribution in [2.75, 3.05) is 0 Å². The monoisotopic (exact) mass is 325 g/mol. The molecule has 1 amide bonds. The number of nitrogens with one attached hydrogen (secondary N) is 1. The summed E-state index contributed by atoms with van der Waals surface area (Å²) in [5.41, 5.74) is 5.23. The first kappa shape index (κ1) is 14.0. The quantitative estimate of drug-likeness (QED) is 0.784. The second kappa shape index (κ2) is 5.24. The van der Waals surface area contributed by atoms with Crippen LogP contribution in [0.5, 0.6) is 0 Å². The highest BCUT2D eigenvalue weighted by Gasteiger charge is 2.24. The van der Waals surface area contributed by atoms with Crippen molar-refractivity contribution in [1.29, 1.82) is 0 Å². The fraction of sp³-hybridized carbons (Fsp3) is 0.118. The van der Waals surface area contributed by atoms with E-state index in [1.807, 2.05) is 18.4 Å². The van der Waals surface area contributed by atoms with Gasteiger partial charge in [0.2, 0.25) is 0 Å². The number of benzene rings is 1. The third-order valence-electron chi connectivity index (χ3n) is 3.97. The van der Waals surface area contributed by atoms with Gasteiger partial charge in [-0.2, -0.15) is 0 Å². The van der Waals surface area contributed by atoms with Crippen LogP contribution in [0.1, 0.15) is 21.6 Å². The van der Waals surface area contributed by atoms with Crippen LogP contribution in [0.25, 0.3) is 22.3 Å². The lowest BCUT2D eigenvalue weighted by molar-refractivity contribution is 0.0966. The van der Waals surface area contributed by atoms with Crippen LogP contribution < -0.4 is 5.32 Å². The predicted molar refractivity (Wildman–Crippen MR) is 86.6 cm³/mol. The van der Waals surface area contributed by atoms with Gasteiger partial charge in [0.1, 0.15) is 5.82 Å². The summed E-state index contributed by atoms with van der Waals surface area (Å²) in [5.74, 6) is -0.527. The van der Waals surface area contributed by atoms with Crippen LogP contribution in [0.2, 0.25) is 0 Å². The minimum Gasteiger partial charge on any atom is -0.348 e. The van der Waals surface area contributed by atoms with Gasteiger partial charge in [-0.25, -0.2) is 8.76 Å². The number of aromatic nitrogens is 2. The van der Waals surface area contributed by atoms with E-state index in [1.54, 1.807) is 18.3 Å². The van der Waals surface area contributed by atoms with E-state index in [0.29, 0.717) is 23.2 Å². The number of rotatable bonds is 2. The molecule has 1 aliphatic rings. The molecule has 4 nitrogen and oxygen atoms in total. The van der Waals surface area contributed by atoms with E-state index < -0.39 is 5.82 Å². The first-order valence-corrected chi connectivity index (χ1v) is 7.94. The van der Waals surface area contributed by atoms with Crippen LogP contribution in [0.15, 0.2) is 36.0 Å². The highest BCUT2D eigenvalue weighted by Crippen LogP contribution is 2.35. The van der Waals surface area contributed by atoms with Gasteiger partial charge in [0, 0.05) is 40.5 Å². The second-order valence-corrected chi connectivity index (χ2v) is 6.11. The lowest BCUT2D eigenvalue weighted by Crippen LogP contribution is -2.12. The largest absolute Gasteiger partial charge is 0.348 e. The Morgan fingerprint density at radius 1 is 1.13 bits per heavy atom. The zero-order chi connectivity index (χ0) is 16.0. The van der Waals surface area contributed by atoms with Gasteiger partial charge in [-0.3, -0.25) is 9.78 Å². The molecule has 0 fully saturated rings. The van der Waals surface area contributed by atoms with Crippen molar-refractivity contribution >= 4 is 17.4 Å². The number of carbonyl (C=O) groups is 1. The maximum atomic E-state index is 14.2. The van der Waals surface area contributed by atoms with Crippen LogP contribution in [0, 0.1) is 12.7 Å². The molecule has 2 aromatic heterocycles. The predicted octanol–water partition coefficient (Wildman–Crippen LogP) is 3.56. The average Bonchev–Trinajstić information content (AvgIpc) is 3.19. The number of hydrogen-bond donors (Lipinski definition) is 1. The number of fused-ring (bicyclic) bond motifs is 1. The van der Waals surface area contributed by atoms with Gasteiger partial charge in [0.05, 0.1) is 6.20 Å². The van der Waals surface area contributed by atoms with Crippen molar-refractivity contribution in [3.63, 3.8) is 0 Å². The zero-order valence-corrected chi connectivity index (χ0v) is 13.1.